The maximum Gasteiger partial charge on any atom is 0.417 e. The molecule has 0 radical (unpaired) electrons. The number of halogens is 4. The van der Waals surface area contributed by atoms with Crippen molar-refractivity contribution in [1.82, 2.24) is 15.2 Å². The summed E-state index contributed by atoms with van der Waals surface area (Å²) in [6.45, 7) is 5.32. The van der Waals surface area contributed by atoms with Gasteiger partial charge in [-0.2, -0.15) is 13.2 Å². The van der Waals surface area contributed by atoms with E-state index in [0.717, 1.165) is 18.7 Å². The third kappa shape index (κ3) is 4.98. The van der Waals surface area contributed by atoms with Crippen LogP contribution in [0.4, 0.5) is 19.0 Å². The van der Waals surface area contributed by atoms with Gasteiger partial charge in [0.1, 0.15) is 5.82 Å². The highest BCUT2D eigenvalue weighted by atomic mass is 35.5. The first-order chi connectivity index (χ1) is 11.3. The van der Waals surface area contributed by atoms with Crippen molar-refractivity contribution >= 4 is 23.3 Å². The molecule has 24 heavy (non-hydrogen) atoms. The Labute approximate surface area is 143 Å². The van der Waals surface area contributed by atoms with Gasteiger partial charge < -0.3 is 10.2 Å². The van der Waals surface area contributed by atoms with Gasteiger partial charge in [-0.05, 0) is 12.5 Å². The first-order valence-corrected chi connectivity index (χ1v) is 8.15. The molecule has 1 aliphatic heterocycles. The van der Waals surface area contributed by atoms with Gasteiger partial charge in [-0.15, -0.1) is 0 Å². The summed E-state index contributed by atoms with van der Waals surface area (Å²) in [4.78, 5) is 19.4. The van der Waals surface area contributed by atoms with Crippen LogP contribution in [0, 0.1) is 0 Å². The summed E-state index contributed by atoms with van der Waals surface area (Å²) in [5.74, 6) is 0.329. The Morgan fingerprint density at radius 1 is 1.33 bits per heavy atom. The molecule has 0 atom stereocenters. The van der Waals surface area contributed by atoms with Crippen molar-refractivity contribution in [2.24, 2.45) is 0 Å². The number of carbonyl (C=O) groups excluding carboxylic acids is 1. The molecule has 9 heteroatoms. The van der Waals surface area contributed by atoms with Crippen LogP contribution in [0.1, 0.15) is 18.9 Å². The summed E-state index contributed by atoms with van der Waals surface area (Å²) in [6, 6.07) is 0.897. The molecule has 0 bridgehead atoms. The molecule has 0 aliphatic carbocycles. The van der Waals surface area contributed by atoms with Crippen LogP contribution in [0.5, 0.6) is 0 Å². The second kappa shape index (κ2) is 8.02. The number of pyridine rings is 1. The van der Waals surface area contributed by atoms with E-state index in [4.69, 9.17) is 11.6 Å². The largest absolute Gasteiger partial charge is 0.417 e. The van der Waals surface area contributed by atoms with Crippen LogP contribution in [-0.2, 0) is 11.0 Å². The molecule has 1 N–H and O–H groups in total. The second-order valence-corrected chi connectivity index (χ2v) is 6.05. The predicted octanol–water partition coefficient (Wildman–Crippen LogP) is 2.40. The fourth-order valence-corrected chi connectivity index (χ4v) is 2.75. The zero-order valence-corrected chi connectivity index (χ0v) is 14.1. The van der Waals surface area contributed by atoms with E-state index < -0.39 is 11.7 Å². The van der Waals surface area contributed by atoms with Crippen molar-refractivity contribution in [2.75, 3.05) is 44.2 Å². The van der Waals surface area contributed by atoms with Crippen molar-refractivity contribution in [3.05, 3.63) is 22.8 Å². The molecule has 2 rings (SSSR count). The summed E-state index contributed by atoms with van der Waals surface area (Å²) >= 11 is 5.96. The van der Waals surface area contributed by atoms with Crippen LogP contribution in [0.3, 0.4) is 0 Å². The van der Waals surface area contributed by atoms with Crippen molar-refractivity contribution in [1.29, 1.82) is 0 Å². The molecule has 0 saturated carbocycles. The highest BCUT2D eigenvalue weighted by Gasteiger charge is 2.32. The summed E-state index contributed by atoms with van der Waals surface area (Å²) < 4.78 is 37.9. The van der Waals surface area contributed by atoms with E-state index in [2.05, 4.69) is 10.3 Å². The lowest BCUT2D eigenvalue weighted by molar-refractivity contribution is -0.137. The quantitative estimate of drug-likeness (QED) is 0.871. The molecule has 1 saturated heterocycles. The zero-order chi connectivity index (χ0) is 17.7. The van der Waals surface area contributed by atoms with Gasteiger partial charge in [-0.25, -0.2) is 4.98 Å². The highest BCUT2D eigenvalue weighted by Crippen LogP contribution is 2.33. The number of carbonyl (C=O) groups is 1. The molecule has 1 aliphatic rings. The average Bonchev–Trinajstić information content (AvgIpc) is 2.53. The molecule has 1 aromatic rings. The Kier molecular flexibility index (Phi) is 6.28. The first-order valence-electron chi connectivity index (χ1n) is 7.78. The lowest BCUT2D eigenvalue weighted by Crippen LogP contribution is -2.49. The van der Waals surface area contributed by atoms with E-state index in [1.807, 2.05) is 16.7 Å². The van der Waals surface area contributed by atoms with E-state index in [1.165, 1.54) is 0 Å². The van der Waals surface area contributed by atoms with Crippen molar-refractivity contribution in [3.63, 3.8) is 0 Å². The smallest absolute Gasteiger partial charge is 0.355 e. The molecule has 1 aromatic heterocycles. The number of hydrogen-bond donors (Lipinski definition) is 1. The van der Waals surface area contributed by atoms with Gasteiger partial charge in [0.25, 0.3) is 0 Å². The molecule has 1 amide bonds. The number of piperazine rings is 1. The Morgan fingerprint density at radius 3 is 2.54 bits per heavy atom. The molecular formula is C15H20ClF3N4O. The predicted molar refractivity (Wildman–Crippen MR) is 86.2 cm³/mol. The summed E-state index contributed by atoms with van der Waals surface area (Å²) in [5, 5.41) is 2.80. The van der Waals surface area contributed by atoms with Crippen LogP contribution < -0.4 is 10.2 Å². The Bertz CT molecular complexity index is 574. The van der Waals surface area contributed by atoms with Crippen molar-refractivity contribution in [2.45, 2.75) is 19.5 Å². The first kappa shape index (κ1) is 18.8. The summed E-state index contributed by atoms with van der Waals surface area (Å²) in [6.07, 6.45) is -2.77. The van der Waals surface area contributed by atoms with E-state index >= 15 is 0 Å². The number of alkyl halides is 3. The van der Waals surface area contributed by atoms with Crippen molar-refractivity contribution < 1.29 is 18.0 Å². The molecule has 134 valence electrons. The third-order valence-electron chi connectivity index (χ3n) is 3.76. The van der Waals surface area contributed by atoms with Gasteiger partial charge in [0.15, 0.2) is 0 Å². The number of nitrogens with zero attached hydrogens (tertiary/aromatic N) is 3. The zero-order valence-electron chi connectivity index (χ0n) is 13.4. The monoisotopic (exact) mass is 364 g/mol. The maximum absolute atomic E-state index is 12.6. The average molecular weight is 365 g/mol. The lowest BCUT2D eigenvalue weighted by Gasteiger charge is -2.35. The third-order valence-corrected chi connectivity index (χ3v) is 4.04. The Balaban J connectivity index is 1.91. The number of rotatable bonds is 5. The minimum atomic E-state index is -4.46. The van der Waals surface area contributed by atoms with E-state index in [9.17, 15) is 18.0 Å². The lowest BCUT2D eigenvalue weighted by atomic mass is 10.2. The van der Waals surface area contributed by atoms with E-state index in [1.54, 1.807) is 0 Å². The molecule has 5 nitrogen and oxygen atoms in total. The van der Waals surface area contributed by atoms with Crippen LogP contribution >= 0.6 is 11.6 Å². The van der Waals surface area contributed by atoms with Gasteiger partial charge in [0.2, 0.25) is 5.91 Å². The van der Waals surface area contributed by atoms with Crippen LogP contribution in [-0.4, -0.2) is 55.1 Å². The Hall–Kier alpha value is -1.54. The molecule has 0 spiro atoms. The number of nitrogens with one attached hydrogen (secondary N) is 1. The molecule has 0 unspecified atom stereocenters. The van der Waals surface area contributed by atoms with E-state index in [0.29, 0.717) is 45.1 Å². The molecule has 1 fully saturated rings. The molecule has 2 heterocycles. The number of anilines is 1. The molecule has 0 aromatic carbocycles. The van der Waals surface area contributed by atoms with Gasteiger partial charge in [0, 0.05) is 38.9 Å². The molecular weight excluding hydrogens is 345 g/mol. The van der Waals surface area contributed by atoms with Crippen molar-refractivity contribution in [3.8, 4) is 0 Å². The van der Waals surface area contributed by atoms with Gasteiger partial charge in [-0.3, -0.25) is 9.69 Å². The number of hydrogen-bond acceptors (Lipinski definition) is 4. The van der Waals surface area contributed by atoms with Crippen LogP contribution in [0.25, 0.3) is 0 Å². The number of amides is 1. The van der Waals surface area contributed by atoms with Gasteiger partial charge in [-0.1, -0.05) is 18.5 Å². The second-order valence-electron chi connectivity index (χ2n) is 5.64. The van der Waals surface area contributed by atoms with Gasteiger partial charge >= 0.3 is 6.18 Å². The highest BCUT2D eigenvalue weighted by molar-refractivity contribution is 6.33. The normalized spacial score (nSPS) is 16.3. The number of aromatic nitrogens is 1. The SMILES string of the molecule is CCCNC(=O)CN1CCN(c2ncc(C(F)(F)F)cc2Cl)CC1. The fourth-order valence-electron chi connectivity index (χ4n) is 2.46. The van der Waals surface area contributed by atoms with Crippen LogP contribution in [0.2, 0.25) is 5.02 Å². The standard InChI is InChI=1S/C15H20ClF3N4O/c1-2-3-20-13(24)10-22-4-6-23(7-5-22)14-12(16)8-11(9-21-14)15(17,18)19/h8-9H,2-7,10H2,1H3,(H,20,24). The van der Waals surface area contributed by atoms with Gasteiger partial charge in [0.05, 0.1) is 17.1 Å². The Morgan fingerprint density at radius 2 is 2.00 bits per heavy atom. The summed E-state index contributed by atoms with van der Waals surface area (Å²) in [7, 11) is 0. The summed E-state index contributed by atoms with van der Waals surface area (Å²) in [5.41, 5.74) is -0.859. The van der Waals surface area contributed by atoms with E-state index in [-0.39, 0.29) is 10.9 Å². The maximum atomic E-state index is 12.6. The minimum Gasteiger partial charge on any atom is -0.355 e. The topological polar surface area (TPSA) is 48.5 Å². The van der Waals surface area contributed by atoms with Crippen LogP contribution in [0.15, 0.2) is 12.3 Å². The minimum absolute atomic E-state index is 0.0148. The fraction of sp³-hybridized carbons (Fsp3) is 0.600.